The number of fused-ring (bicyclic) bond motifs is 5. The molecule has 3 aromatic rings. The van der Waals surface area contributed by atoms with Gasteiger partial charge in [-0.05, 0) is 99.3 Å². The normalized spacial score (nSPS) is 13.8. The van der Waals surface area contributed by atoms with E-state index in [0.29, 0.717) is 0 Å². The summed E-state index contributed by atoms with van der Waals surface area (Å²) in [5.74, 6) is 0. The van der Waals surface area contributed by atoms with Crippen molar-refractivity contribution < 1.29 is 0 Å². The molecule has 1 aromatic heterocycles. The number of aromatic nitrogens is 1. The molecular formula is C26H32N2. The van der Waals surface area contributed by atoms with Crippen molar-refractivity contribution in [2.45, 2.75) is 46.1 Å². The number of hydrogen-bond donors (Lipinski definition) is 0. The third-order valence-corrected chi connectivity index (χ3v) is 6.25. The highest BCUT2D eigenvalue weighted by molar-refractivity contribution is 6.12. The summed E-state index contributed by atoms with van der Waals surface area (Å²) in [5.41, 5.74) is 10.8. The lowest BCUT2D eigenvalue weighted by atomic mass is 9.95. The predicted octanol–water partition coefficient (Wildman–Crippen LogP) is 6.30. The molecule has 0 radical (unpaired) electrons. The van der Waals surface area contributed by atoms with Crippen molar-refractivity contribution in [2.75, 3.05) is 20.6 Å². The van der Waals surface area contributed by atoms with Crippen LogP contribution in [-0.4, -0.2) is 30.1 Å². The van der Waals surface area contributed by atoms with E-state index < -0.39 is 0 Å². The van der Waals surface area contributed by atoms with Gasteiger partial charge in [0, 0.05) is 28.4 Å². The van der Waals surface area contributed by atoms with Crippen LogP contribution >= 0.6 is 0 Å². The van der Waals surface area contributed by atoms with Crippen molar-refractivity contribution in [3.63, 3.8) is 0 Å². The summed E-state index contributed by atoms with van der Waals surface area (Å²) < 4.78 is 2.55. The number of rotatable bonds is 6. The molecule has 146 valence electrons. The van der Waals surface area contributed by atoms with Crippen molar-refractivity contribution in [3.05, 3.63) is 59.7 Å². The van der Waals surface area contributed by atoms with E-state index in [1.165, 1.54) is 49.6 Å². The van der Waals surface area contributed by atoms with E-state index in [2.05, 4.69) is 74.8 Å². The molecule has 0 saturated heterocycles. The zero-order valence-corrected chi connectivity index (χ0v) is 17.9. The van der Waals surface area contributed by atoms with Crippen LogP contribution in [0, 0.1) is 0 Å². The first-order valence-corrected chi connectivity index (χ1v) is 10.5. The zero-order valence-electron chi connectivity index (χ0n) is 17.9. The summed E-state index contributed by atoms with van der Waals surface area (Å²) in [6.07, 6.45) is 4.38. The van der Waals surface area contributed by atoms with E-state index in [0.717, 1.165) is 44.3 Å². The number of allylic oxidation sites excluding steroid dienone is 2. The molecule has 0 aliphatic heterocycles. The van der Waals surface area contributed by atoms with Gasteiger partial charge in [0.1, 0.15) is 0 Å². The minimum atomic E-state index is 1.03. The van der Waals surface area contributed by atoms with Crippen molar-refractivity contribution in [1.82, 2.24) is 9.47 Å². The van der Waals surface area contributed by atoms with Gasteiger partial charge in [0.15, 0.2) is 0 Å². The second-order valence-corrected chi connectivity index (χ2v) is 8.56. The van der Waals surface area contributed by atoms with Gasteiger partial charge in [0.05, 0.1) is 0 Å². The second-order valence-electron chi connectivity index (χ2n) is 8.56. The Balaban J connectivity index is 2.02. The Labute approximate surface area is 169 Å². The van der Waals surface area contributed by atoms with Crippen molar-refractivity contribution in [1.29, 1.82) is 0 Å². The molecule has 2 heteroatoms. The minimum absolute atomic E-state index is 1.03. The first-order chi connectivity index (χ1) is 13.4. The number of nitrogens with zero attached hydrogens (tertiary/aromatic N) is 2. The van der Waals surface area contributed by atoms with Crippen LogP contribution in [0.2, 0.25) is 0 Å². The highest BCUT2D eigenvalue weighted by Crippen LogP contribution is 2.42. The second kappa shape index (κ2) is 7.25. The number of hydrogen-bond acceptors (Lipinski definition) is 1. The first-order valence-electron chi connectivity index (χ1n) is 10.5. The van der Waals surface area contributed by atoms with Gasteiger partial charge in [-0.25, -0.2) is 0 Å². The molecule has 0 bridgehead atoms. The minimum Gasteiger partial charge on any atom is -0.340 e. The number of aryl methyl sites for hydroxylation is 3. The summed E-state index contributed by atoms with van der Waals surface area (Å²) in [7, 11) is 4.30. The molecule has 1 aliphatic rings. The standard InChI is InChI=1S/C26H32N2/c1-7-19-15-25-23(16-22(19)17(2)3)26-21-10-9-18(4)20(21)11-12-24(26)28(25)14-8-13-27(5)6/h11-12,15-16H,2,4,7-10,13-14H2,1,3,5-6H3. The molecule has 28 heavy (non-hydrogen) atoms. The average Bonchev–Trinajstić information content (AvgIpc) is 3.18. The smallest absolute Gasteiger partial charge is 0.0494 e. The van der Waals surface area contributed by atoms with Crippen LogP contribution in [0.15, 0.2) is 37.4 Å². The molecule has 0 spiro atoms. The Morgan fingerprint density at radius 3 is 2.61 bits per heavy atom. The van der Waals surface area contributed by atoms with Gasteiger partial charge in [-0.2, -0.15) is 0 Å². The first kappa shape index (κ1) is 19.0. The average molecular weight is 373 g/mol. The summed E-state index contributed by atoms with van der Waals surface area (Å²) in [5, 5.41) is 2.84. The van der Waals surface area contributed by atoms with E-state index in [1.54, 1.807) is 0 Å². The maximum absolute atomic E-state index is 4.30. The van der Waals surface area contributed by atoms with Crippen LogP contribution in [0.5, 0.6) is 0 Å². The summed E-state index contributed by atoms with van der Waals surface area (Å²) in [6.45, 7) is 15.1. The predicted molar refractivity (Wildman–Crippen MR) is 124 cm³/mol. The lowest BCUT2D eigenvalue weighted by molar-refractivity contribution is 0.389. The maximum atomic E-state index is 4.30. The maximum Gasteiger partial charge on any atom is 0.0494 e. The van der Waals surface area contributed by atoms with E-state index in [4.69, 9.17) is 0 Å². The molecule has 0 saturated carbocycles. The topological polar surface area (TPSA) is 8.17 Å². The molecular weight excluding hydrogens is 340 g/mol. The monoisotopic (exact) mass is 372 g/mol. The Hall–Kier alpha value is -2.32. The molecule has 1 heterocycles. The van der Waals surface area contributed by atoms with E-state index in [1.807, 2.05) is 0 Å². The van der Waals surface area contributed by atoms with Crippen LogP contribution in [0.25, 0.3) is 33.0 Å². The van der Waals surface area contributed by atoms with Crippen molar-refractivity contribution >= 4 is 33.0 Å². The van der Waals surface area contributed by atoms with Crippen LogP contribution in [0.1, 0.15) is 48.9 Å². The molecule has 0 fully saturated rings. The number of benzene rings is 2. The van der Waals surface area contributed by atoms with Gasteiger partial charge in [0.25, 0.3) is 0 Å². The fourth-order valence-corrected chi connectivity index (χ4v) is 4.82. The fraction of sp³-hybridized carbons (Fsp3) is 0.385. The van der Waals surface area contributed by atoms with Gasteiger partial charge < -0.3 is 9.47 Å². The molecule has 4 rings (SSSR count). The van der Waals surface area contributed by atoms with Crippen molar-refractivity contribution in [2.24, 2.45) is 0 Å². The van der Waals surface area contributed by atoms with Gasteiger partial charge >= 0.3 is 0 Å². The van der Waals surface area contributed by atoms with Gasteiger partial charge in [-0.3, -0.25) is 0 Å². The Morgan fingerprint density at radius 2 is 1.93 bits per heavy atom. The largest absolute Gasteiger partial charge is 0.340 e. The van der Waals surface area contributed by atoms with E-state index >= 15 is 0 Å². The lowest BCUT2D eigenvalue weighted by Gasteiger charge is -2.13. The van der Waals surface area contributed by atoms with Crippen LogP contribution < -0.4 is 0 Å². The van der Waals surface area contributed by atoms with Crippen LogP contribution in [0.4, 0.5) is 0 Å². The van der Waals surface area contributed by atoms with Gasteiger partial charge in [-0.15, -0.1) is 0 Å². The van der Waals surface area contributed by atoms with Crippen LogP contribution in [-0.2, 0) is 19.4 Å². The molecule has 0 unspecified atom stereocenters. The fourth-order valence-electron chi connectivity index (χ4n) is 4.82. The van der Waals surface area contributed by atoms with Crippen LogP contribution in [0.3, 0.4) is 0 Å². The zero-order chi connectivity index (χ0) is 20.0. The SMILES string of the molecule is C=C(C)c1cc2c3c4c(ccc3n(CCCN(C)C)c2cc1CC)C(=C)CC4. The Kier molecular flexibility index (Phi) is 4.93. The molecule has 2 nitrogen and oxygen atoms in total. The summed E-state index contributed by atoms with van der Waals surface area (Å²) >= 11 is 0. The third kappa shape index (κ3) is 3.00. The van der Waals surface area contributed by atoms with Gasteiger partial charge in [-0.1, -0.05) is 31.7 Å². The summed E-state index contributed by atoms with van der Waals surface area (Å²) in [4.78, 5) is 2.27. The molecule has 0 atom stereocenters. The van der Waals surface area contributed by atoms with E-state index in [9.17, 15) is 0 Å². The Bertz CT molecular complexity index is 1100. The van der Waals surface area contributed by atoms with E-state index in [-0.39, 0.29) is 0 Å². The lowest BCUT2D eigenvalue weighted by Crippen LogP contribution is -2.15. The molecule has 0 N–H and O–H groups in total. The third-order valence-electron chi connectivity index (χ3n) is 6.25. The Morgan fingerprint density at radius 1 is 1.14 bits per heavy atom. The highest BCUT2D eigenvalue weighted by atomic mass is 15.1. The molecule has 1 aliphatic carbocycles. The van der Waals surface area contributed by atoms with Crippen molar-refractivity contribution in [3.8, 4) is 0 Å². The summed E-state index contributed by atoms with van der Waals surface area (Å²) in [6, 6.07) is 9.45. The quantitative estimate of drug-likeness (QED) is 0.493. The highest BCUT2D eigenvalue weighted by Gasteiger charge is 2.22. The molecule has 0 amide bonds. The molecule has 2 aromatic carbocycles. The van der Waals surface area contributed by atoms with Gasteiger partial charge in [0.2, 0.25) is 0 Å².